The highest BCUT2D eigenvalue weighted by Gasteiger charge is 2.22. The highest BCUT2D eigenvalue weighted by Crippen LogP contribution is 2.28. The maximum absolute atomic E-state index is 12.4. The first-order valence-corrected chi connectivity index (χ1v) is 11.1. The second-order valence-corrected chi connectivity index (χ2v) is 8.69. The number of non-ortho nitro benzene ring substituents is 1. The number of carbonyl (C=O) groups is 2. The van der Waals surface area contributed by atoms with Crippen LogP contribution in [0.1, 0.15) is 23.3 Å². The van der Waals surface area contributed by atoms with Crippen molar-refractivity contribution in [1.82, 2.24) is 9.88 Å². The Hall–Kier alpha value is -3.11. The molecule has 154 valence electrons. The Labute approximate surface area is 180 Å². The molecule has 1 aliphatic rings. The fraction of sp³-hybridized carbons (Fsp3) is 0.250. The zero-order chi connectivity index (χ0) is 21.1. The van der Waals surface area contributed by atoms with E-state index in [2.05, 4.69) is 10.3 Å². The molecule has 0 saturated carbocycles. The molecule has 0 spiro atoms. The highest BCUT2D eigenvalue weighted by molar-refractivity contribution is 7.14. The maximum Gasteiger partial charge on any atom is 0.270 e. The lowest BCUT2D eigenvalue weighted by molar-refractivity contribution is -0.384. The normalized spacial score (nSPS) is 13.0. The third-order valence-electron chi connectivity index (χ3n) is 4.83. The summed E-state index contributed by atoms with van der Waals surface area (Å²) in [4.78, 5) is 42.6. The molecule has 8 nitrogen and oxygen atoms in total. The average molecular weight is 443 g/mol. The maximum atomic E-state index is 12.4. The molecule has 1 aliphatic heterocycles. The van der Waals surface area contributed by atoms with E-state index in [-0.39, 0.29) is 30.3 Å². The van der Waals surface area contributed by atoms with Crippen LogP contribution in [0.3, 0.4) is 0 Å². The molecule has 1 aromatic carbocycles. The zero-order valence-electron chi connectivity index (χ0n) is 15.9. The number of benzene rings is 1. The summed E-state index contributed by atoms with van der Waals surface area (Å²) in [5, 5.41) is 17.8. The predicted octanol–water partition coefficient (Wildman–Crippen LogP) is 4.08. The summed E-state index contributed by atoms with van der Waals surface area (Å²) in [6, 6.07) is 8.22. The van der Waals surface area contributed by atoms with Crippen LogP contribution in [0, 0.1) is 10.1 Å². The number of hydrogen-bond donors (Lipinski definition) is 1. The Kier molecular flexibility index (Phi) is 5.86. The molecule has 1 N–H and O–H groups in total. The van der Waals surface area contributed by atoms with Gasteiger partial charge < -0.3 is 10.2 Å². The topological polar surface area (TPSA) is 105 Å². The van der Waals surface area contributed by atoms with Crippen molar-refractivity contribution in [2.24, 2.45) is 0 Å². The lowest BCUT2D eigenvalue weighted by Gasteiger charge is -2.27. The van der Waals surface area contributed by atoms with E-state index in [9.17, 15) is 19.7 Å². The van der Waals surface area contributed by atoms with Crippen LogP contribution in [0.25, 0.3) is 11.3 Å². The van der Waals surface area contributed by atoms with E-state index in [4.69, 9.17) is 0 Å². The molecule has 0 fully saturated rings. The van der Waals surface area contributed by atoms with Crippen molar-refractivity contribution >= 4 is 45.3 Å². The molecule has 4 rings (SSSR count). The van der Waals surface area contributed by atoms with Crippen LogP contribution in [0.2, 0.25) is 0 Å². The monoisotopic (exact) mass is 442 g/mol. The molecule has 30 heavy (non-hydrogen) atoms. The molecule has 0 radical (unpaired) electrons. The van der Waals surface area contributed by atoms with Crippen LogP contribution in [-0.2, 0) is 22.6 Å². The Balaban J connectivity index is 1.30. The van der Waals surface area contributed by atoms with Crippen LogP contribution < -0.4 is 5.32 Å². The number of thiophene rings is 1. The van der Waals surface area contributed by atoms with E-state index in [1.165, 1.54) is 33.9 Å². The molecule has 3 aromatic rings. The zero-order valence-corrected chi connectivity index (χ0v) is 17.5. The molecule has 3 heterocycles. The summed E-state index contributed by atoms with van der Waals surface area (Å²) >= 11 is 2.96. The Morgan fingerprint density at radius 1 is 1.23 bits per heavy atom. The summed E-state index contributed by atoms with van der Waals surface area (Å²) in [6.07, 6.45) is 1.09. The van der Waals surface area contributed by atoms with Gasteiger partial charge in [-0.2, -0.15) is 0 Å². The molecule has 0 unspecified atom stereocenters. The number of nitro groups is 1. The summed E-state index contributed by atoms with van der Waals surface area (Å²) in [5.74, 6) is -0.310. The van der Waals surface area contributed by atoms with Gasteiger partial charge in [0.05, 0.1) is 10.6 Å². The number of nitrogens with zero attached hydrogens (tertiary/aromatic N) is 3. The number of nitrogens with one attached hydrogen (secondary N) is 1. The molecular formula is C20H18N4O4S2. The minimum absolute atomic E-state index is 0.0168. The van der Waals surface area contributed by atoms with Crippen molar-refractivity contribution in [1.29, 1.82) is 0 Å². The van der Waals surface area contributed by atoms with Crippen molar-refractivity contribution in [3.05, 3.63) is 61.6 Å². The first-order valence-electron chi connectivity index (χ1n) is 9.33. The van der Waals surface area contributed by atoms with Crippen LogP contribution in [-0.4, -0.2) is 33.2 Å². The van der Waals surface area contributed by atoms with Crippen molar-refractivity contribution in [2.45, 2.75) is 25.8 Å². The third-order valence-corrected chi connectivity index (χ3v) is 6.61. The van der Waals surface area contributed by atoms with E-state index in [1.54, 1.807) is 33.7 Å². The lowest BCUT2D eigenvalue weighted by atomic mass is 10.1. The highest BCUT2D eigenvalue weighted by atomic mass is 32.1. The molecule has 0 bridgehead atoms. The fourth-order valence-electron chi connectivity index (χ4n) is 3.26. The van der Waals surface area contributed by atoms with Gasteiger partial charge in [0.25, 0.3) is 5.69 Å². The summed E-state index contributed by atoms with van der Waals surface area (Å²) in [7, 11) is 0. The van der Waals surface area contributed by atoms with Gasteiger partial charge in [-0.15, -0.1) is 22.7 Å². The Morgan fingerprint density at radius 2 is 2.10 bits per heavy atom. The SMILES string of the molecule is O=C(CCC(=O)N1CCc2sccc2C1)Nc1nc(-c2cccc([N+](=O)[O-])c2)cs1. The molecule has 0 atom stereocenters. The number of carbonyl (C=O) groups excluding carboxylic acids is 2. The summed E-state index contributed by atoms with van der Waals surface area (Å²) in [6.45, 7) is 1.30. The molecule has 0 aliphatic carbocycles. The number of fused-ring (bicyclic) bond motifs is 1. The van der Waals surface area contributed by atoms with E-state index in [0.29, 0.717) is 29.5 Å². The smallest absolute Gasteiger partial charge is 0.270 e. The van der Waals surface area contributed by atoms with E-state index >= 15 is 0 Å². The standard InChI is InChI=1S/C20H18N4O4S2/c25-18(4-5-19(26)23-8-6-17-14(11-23)7-9-29-17)22-20-21-16(12-30-20)13-2-1-3-15(10-13)24(27)28/h1-3,7,9-10,12H,4-6,8,11H2,(H,21,22,25). The fourth-order valence-corrected chi connectivity index (χ4v) is 4.89. The van der Waals surface area contributed by atoms with E-state index in [1.807, 2.05) is 11.4 Å². The van der Waals surface area contributed by atoms with Gasteiger partial charge in [0.2, 0.25) is 11.8 Å². The number of hydrogen-bond acceptors (Lipinski definition) is 7. The number of aromatic nitrogens is 1. The van der Waals surface area contributed by atoms with Crippen LogP contribution in [0.5, 0.6) is 0 Å². The molecule has 0 saturated heterocycles. The second-order valence-electron chi connectivity index (χ2n) is 6.83. The number of amides is 2. The van der Waals surface area contributed by atoms with Gasteiger partial charge in [-0.1, -0.05) is 12.1 Å². The van der Waals surface area contributed by atoms with Crippen LogP contribution in [0.4, 0.5) is 10.8 Å². The van der Waals surface area contributed by atoms with Crippen molar-refractivity contribution in [3.8, 4) is 11.3 Å². The Morgan fingerprint density at radius 3 is 2.93 bits per heavy atom. The van der Waals surface area contributed by atoms with Gasteiger partial charge in [-0.25, -0.2) is 4.98 Å². The van der Waals surface area contributed by atoms with Crippen molar-refractivity contribution in [3.63, 3.8) is 0 Å². The van der Waals surface area contributed by atoms with Crippen molar-refractivity contribution < 1.29 is 14.5 Å². The van der Waals surface area contributed by atoms with Gasteiger partial charge in [0.1, 0.15) is 0 Å². The molecule has 10 heteroatoms. The lowest BCUT2D eigenvalue weighted by Crippen LogP contribution is -2.35. The van der Waals surface area contributed by atoms with Gasteiger partial charge in [-0.3, -0.25) is 19.7 Å². The minimum Gasteiger partial charge on any atom is -0.338 e. The number of thiazole rings is 1. The number of nitro benzene ring substituents is 1. The largest absolute Gasteiger partial charge is 0.338 e. The Bertz CT molecular complexity index is 1110. The van der Waals surface area contributed by atoms with E-state index < -0.39 is 4.92 Å². The second kappa shape index (κ2) is 8.72. The van der Waals surface area contributed by atoms with Crippen LogP contribution in [0.15, 0.2) is 41.1 Å². The summed E-state index contributed by atoms with van der Waals surface area (Å²) in [5.41, 5.74) is 2.33. The molecule has 2 amide bonds. The average Bonchev–Trinajstić information content (AvgIpc) is 3.41. The molecule has 2 aromatic heterocycles. The quantitative estimate of drug-likeness (QED) is 0.457. The van der Waals surface area contributed by atoms with E-state index in [0.717, 1.165) is 6.42 Å². The minimum atomic E-state index is -0.461. The number of rotatable bonds is 6. The number of anilines is 1. The first-order chi connectivity index (χ1) is 14.5. The predicted molar refractivity (Wildman–Crippen MR) is 116 cm³/mol. The molecular weight excluding hydrogens is 424 g/mol. The first kappa shape index (κ1) is 20.2. The van der Waals surface area contributed by atoms with Crippen molar-refractivity contribution in [2.75, 3.05) is 11.9 Å². The third kappa shape index (κ3) is 4.55. The van der Waals surface area contributed by atoms with Gasteiger partial charge in [0.15, 0.2) is 5.13 Å². The van der Waals surface area contributed by atoms with Gasteiger partial charge >= 0.3 is 0 Å². The van der Waals surface area contributed by atoms with Gasteiger partial charge in [0, 0.05) is 53.9 Å². The summed E-state index contributed by atoms with van der Waals surface area (Å²) < 4.78 is 0. The van der Waals surface area contributed by atoms with Gasteiger partial charge in [-0.05, 0) is 23.4 Å². The van der Waals surface area contributed by atoms with Crippen LogP contribution >= 0.6 is 22.7 Å².